The molecule has 2 heterocycles. The van der Waals surface area contributed by atoms with E-state index in [1.807, 2.05) is 11.7 Å². The second kappa shape index (κ2) is 5.44. The van der Waals surface area contributed by atoms with Crippen LogP contribution in [0.2, 0.25) is 0 Å². The molecule has 0 aliphatic heterocycles. The maximum atomic E-state index is 6.14. The first-order valence-corrected chi connectivity index (χ1v) is 7.06. The van der Waals surface area contributed by atoms with E-state index in [1.165, 1.54) is 4.88 Å². The van der Waals surface area contributed by atoms with Gasteiger partial charge in [-0.1, -0.05) is 13.0 Å². The quantitative estimate of drug-likeness (QED) is 0.901. The second-order valence-electron chi connectivity index (χ2n) is 4.41. The summed E-state index contributed by atoms with van der Waals surface area (Å²) in [4.78, 5) is 3.58. The lowest BCUT2D eigenvalue weighted by atomic mass is 10.2. The molecular formula is C13H20N4S. The molecule has 18 heavy (non-hydrogen) atoms. The van der Waals surface area contributed by atoms with Crippen LogP contribution in [-0.4, -0.2) is 23.4 Å². The molecule has 5 heteroatoms. The highest BCUT2D eigenvalue weighted by Gasteiger charge is 2.15. The van der Waals surface area contributed by atoms with Crippen molar-refractivity contribution in [3.63, 3.8) is 0 Å². The van der Waals surface area contributed by atoms with Crippen molar-refractivity contribution in [3.05, 3.63) is 28.1 Å². The molecule has 2 aromatic rings. The van der Waals surface area contributed by atoms with Crippen LogP contribution in [0.4, 0.5) is 11.5 Å². The third kappa shape index (κ3) is 2.51. The minimum absolute atomic E-state index is 0.814. The van der Waals surface area contributed by atoms with Gasteiger partial charge in [-0.25, -0.2) is 0 Å². The molecule has 0 amide bonds. The van der Waals surface area contributed by atoms with Crippen LogP contribution in [0.25, 0.3) is 0 Å². The van der Waals surface area contributed by atoms with Crippen LogP contribution in [0.15, 0.2) is 17.5 Å². The van der Waals surface area contributed by atoms with Crippen molar-refractivity contribution >= 4 is 22.8 Å². The molecule has 0 saturated carbocycles. The van der Waals surface area contributed by atoms with Crippen molar-refractivity contribution in [2.45, 2.75) is 19.8 Å². The Morgan fingerprint density at radius 1 is 1.50 bits per heavy atom. The topological polar surface area (TPSA) is 47.1 Å². The average molecular weight is 264 g/mol. The molecule has 0 unspecified atom stereocenters. The maximum absolute atomic E-state index is 6.14. The van der Waals surface area contributed by atoms with Crippen molar-refractivity contribution in [2.75, 3.05) is 24.2 Å². The van der Waals surface area contributed by atoms with Crippen molar-refractivity contribution in [1.82, 2.24) is 9.78 Å². The number of anilines is 2. The van der Waals surface area contributed by atoms with Crippen LogP contribution in [-0.2, 0) is 19.9 Å². The van der Waals surface area contributed by atoms with Gasteiger partial charge < -0.3 is 10.6 Å². The summed E-state index contributed by atoms with van der Waals surface area (Å²) in [5, 5.41) is 6.56. The van der Waals surface area contributed by atoms with E-state index in [2.05, 4.69) is 41.5 Å². The number of rotatable bonds is 5. The smallest absolute Gasteiger partial charge is 0.150 e. The second-order valence-corrected chi connectivity index (χ2v) is 5.44. The molecule has 2 N–H and O–H groups in total. The Labute approximate surface area is 112 Å². The van der Waals surface area contributed by atoms with Crippen molar-refractivity contribution < 1.29 is 0 Å². The summed E-state index contributed by atoms with van der Waals surface area (Å²) in [5.41, 5.74) is 7.94. The molecule has 2 rings (SSSR count). The Bertz CT molecular complexity index is 501. The highest BCUT2D eigenvalue weighted by atomic mass is 32.1. The van der Waals surface area contributed by atoms with Crippen molar-refractivity contribution in [2.24, 2.45) is 7.05 Å². The lowest BCUT2D eigenvalue weighted by Gasteiger charge is -2.19. The molecule has 4 nitrogen and oxygen atoms in total. The molecular weight excluding hydrogens is 244 g/mol. The van der Waals surface area contributed by atoms with Crippen LogP contribution < -0.4 is 10.6 Å². The molecule has 0 fully saturated rings. The summed E-state index contributed by atoms with van der Waals surface area (Å²) in [7, 11) is 4.02. The van der Waals surface area contributed by atoms with Gasteiger partial charge in [-0.2, -0.15) is 5.10 Å². The van der Waals surface area contributed by atoms with Crippen LogP contribution in [0.3, 0.4) is 0 Å². The zero-order chi connectivity index (χ0) is 13.1. The van der Waals surface area contributed by atoms with E-state index in [0.717, 1.165) is 36.6 Å². The summed E-state index contributed by atoms with van der Waals surface area (Å²) >= 11 is 1.80. The SMILES string of the molecule is CCc1nn(C)c(N(C)CCc2cccs2)c1N. The summed E-state index contributed by atoms with van der Waals surface area (Å²) in [6.07, 6.45) is 1.92. The van der Waals surface area contributed by atoms with Gasteiger partial charge in [0.15, 0.2) is 0 Å². The Balaban J connectivity index is 2.08. The number of nitrogens with zero attached hydrogens (tertiary/aromatic N) is 3. The van der Waals surface area contributed by atoms with Gasteiger partial charge in [-0.3, -0.25) is 4.68 Å². The average Bonchev–Trinajstić information content (AvgIpc) is 2.94. The highest BCUT2D eigenvalue weighted by Crippen LogP contribution is 2.25. The fraction of sp³-hybridized carbons (Fsp3) is 0.462. The summed E-state index contributed by atoms with van der Waals surface area (Å²) in [5.74, 6) is 1.02. The molecule has 0 aliphatic rings. The largest absolute Gasteiger partial charge is 0.394 e. The zero-order valence-electron chi connectivity index (χ0n) is 11.2. The molecule has 2 aromatic heterocycles. The van der Waals surface area contributed by atoms with Gasteiger partial charge in [-0.15, -0.1) is 11.3 Å². The van der Waals surface area contributed by atoms with Gasteiger partial charge in [0.1, 0.15) is 5.82 Å². The normalized spacial score (nSPS) is 10.8. The molecule has 0 bridgehead atoms. The van der Waals surface area contributed by atoms with Crippen LogP contribution >= 0.6 is 11.3 Å². The highest BCUT2D eigenvalue weighted by molar-refractivity contribution is 7.09. The van der Waals surface area contributed by atoms with Crippen LogP contribution in [0, 0.1) is 0 Å². The number of likely N-dealkylation sites (N-methyl/N-ethyl adjacent to an activating group) is 1. The van der Waals surface area contributed by atoms with Gasteiger partial charge in [0.2, 0.25) is 0 Å². The fourth-order valence-electron chi connectivity index (χ4n) is 2.14. The van der Waals surface area contributed by atoms with Gasteiger partial charge in [0.05, 0.1) is 11.4 Å². The van der Waals surface area contributed by atoms with E-state index in [9.17, 15) is 0 Å². The molecule has 0 aromatic carbocycles. The molecule has 0 spiro atoms. The van der Waals surface area contributed by atoms with Crippen LogP contribution in [0.1, 0.15) is 17.5 Å². The molecule has 0 radical (unpaired) electrons. The number of aryl methyl sites for hydroxylation is 2. The molecule has 0 saturated heterocycles. The Morgan fingerprint density at radius 2 is 2.28 bits per heavy atom. The molecule has 0 aliphatic carbocycles. The lowest BCUT2D eigenvalue weighted by Crippen LogP contribution is -2.23. The van der Waals surface area contributed by atoms with Gasteiger partial charge in [-0.05, 0) is 24.3 Å². The maximum Gasteiger partial charge on any atom is 0.150 e. The number of nitrogen functional groups attached to an aromatic ring is 1. The number of hydrogen-bond acceptors (Lipinski definition) is 4. The van der Waals surface area contributed by atoms with Gasteiger partial charge in [0, 0.05) is 25.5 Å². The standard InChI is InChI=1S/C13H20N4S/c1-4-11-12(14)13(17(3)15-11)16(2)8-7-10-6-5-9-18-10/h5-6,9H,4,7-8,14H2,1-3H3. The summed E-state index contributed by atoms with van der Waals surface area (Å²) in [6, 6.07) is 4.26. The number of nitrogens with two attached hydrogens (primary N) is 1. The fourth-order valence-corrected chi connectivity index (χ4v) is 2.84. The van der Waals surface area contributed by atoms with Crippen LogP contribution in [0.5, 0.6) is 0 Å². The Hall–Kier alpha value is -1.49. The molecule has 0 atom stereocenters. The van der Waals surface area contributed by atoms with E-state index >= 15 is 0 Å². The first kappa shape index (κ1) is 13.0. The number of aromatic nitrogens is 2. The van der Waals surface area contributed by atoms with E-state index in [4.69, 9.17) is 5.73 Å². The first-order valence-electron chi connectivity index (χ1n) is 6.18. The van der Waals surface area contributed by atoms with E-state index in [0.29, 0.717) is 0 Å². The van der Waals surface area contributed by atoms with Crippen molar-refractivity contribution in [3.8, 4) is 0 Å². The minimum Gasteiger partial charge on any atom is -0.394 e. The predicted molar refractivity (Wildman–Crippen MR) is 78.3 cm³/mol. The monoisotopic (exact) mass is 264 g/mol. The third-order valence-corrected chi connectivity index (χ3v) is 4.04. The first-order chi connectivity index (χ1) is 8.63. The summed E-state index contributed by atoms with van der Waals surface area (Å²) in [6.45, 7) is 3.03. The van der Waals surface area contributed by atoms with E-state index < -0.39 is 0 Å². The minimum atomic E-state index is 0.814. The third-order valence-electron chi connectivity index (χ3n) is 3.10. The zero-order valence-corrected chi connectivity index (χ0v) is 12.0. The van der Waals surface area contributed by atoms with Gasteiger partial charge >= 0.3 is 0 Å². The Kier molecular flexibility index (Phi) is 3.91. The van der Waals surface area contributed by atoms with E-state index in [1.54, 1.807) is 11.3 Å². The van der Waals surface area contributed by atoms with Gasteiger partial charge in [0.25, 0.3) is 0 Å². The lowest BCUT2D eigenvalue weighted by molar-refractivity contribution is 0.719. The number of hydrogen-bond donors (Lipinski definition) is 1. The Morgan fingerprint density at radius 3 is 2.83 bits per heavy atom. The number of thiophene rings is 1. The van der Waals surface area contributed by atoms with E-state index in [-0.39, 0.29) is 0 Å². The predicted octanol–water partition coefficient (Wildman–Crippen LogP) is 2.31. The molecule has 98 valence electrons. The van der Waals surface area contributed by atoms with Crippen molar-refractivity contribution in [1.29, 1.82) is 0 Å². The summed E-state index contributed by atoms with van der Waals surface area (Å²) < 4.78 is 1.88.